The highest BCUT2D eigenvalue weighted by molar-refractivity contribution is 5.85. The molecule has 3 nitrogen and oxygen atoms in total. The van der Waals surface area contributed by atoms with Crippen molar-refractivity contribution in [1.82, 2.24) is 10.6 Å². The monoisotopic (exact) mass is 324 g/mol. The lowest BCUT2D eigenvalue weighted by atomic mass is 9.91. The van der Waals surface area contributed by atoms with Gasteiger partial charge in [0, 0.05) is 5.92 Å². The Balaban J connectivity index is 0.00000144. The number of nitrogens with one attached hydrogen (secondary N) is 2. The molecular formula is C17H22ClFN2O. The van der Waals surface area contributed by atoms with Crippen LogP contribution in [0.15, 0.2) is 24.3 Å². The molecule has 1 saturated heterocycles. The zero-order valence-corrected chi connectivity index (χ0v) is 13.3. The topological polar surface area (TPSA) is 41.1 Å². The summed E-state index contributed by atoms with van der Waals surface area (Å²) >= 11 is 0. The molecule has 4 rings (SSSR count). The van der Waals surface area contributed by atoms with Gasteiger partial charge in [-0.25, -0.2) is 4.39 Å². The van der Waals surface area contributed by atoms with Gasteiger partial charge in [-0.15, -0.1) is 12.4 Å². The van der Waals surface area contributed by atoms with E-state index in [0.29, 0.717) is 0 Å². The average Bonchev–Trinajstić information content (AvgIpc) is 3.38. The molecule has 0 aromatic heterocycles. The molecule has 1 spiro atoms. The molecule has 3 aliphatic rings. The summed E-state index contributed by atoms with van der Waals surface area (Å²) in [5.41, 5.74) is 0.874. The molecule has 1 aromatic rings. The van der Waals surface area contributed by atoms with Gasteiger partial charge in [0.25, 0.3) is 0 Å². The summed E-state index contributed by atoms with van der Waals surface area (Å²) in [6, 6.07) is 6.65. The van der Waals surface area contributed by atoms with Gasteiger partial charge in [-0.05, 0) is 68.3 Å². The molecule has 1 aromatic carbocycles. The number of hydrogen-bond acceptors (Lipinski definition) is 2. The van der Waals surface area contributed by atoms with Crippen LogP contribution >= 0.6 is 12.4 Å². The van der Waals surface area contributed by atoms with Gasteiger partial charge in [0.2, 0.25) is 5.91 Å². The molecule has 120 valence electrons. The van der Waals surface area contributed by atoms with Crippen LogP contribution in [0.25, 0.3) is 0 Å². The molecule has 1 atom stereocenters. The van der Waals surface area contributed by atoms with Crippen molar-refractivity contribution >= 4 is 18.3 Å². The second-order valence-corrected chi connectivity index (χ2v) is 6.95. The van der Waals surface area contributed by atoms with E-state index in [9.17, 15) is 9.18 Å². The molecular weight excluding hydrogens is 303 g/mol. The summed E-state index contributed by atoms with van der Waals surface area (Å²) in [6.07, 6.45) is 5.09. The van der Waals surface area contributed by atoms with Crippen LogP contribution in [0.2, 0.25) is 0 Å². The number of hydrogen-bond donors (Lipinski definition) is 2. The number of carbonyl (C=O) groups is 1. The lowest BCUT2D eigenvalue weighted by molar-refractivity contribution is -0.124. The van der Waals surface area contributed by atoms with Crippen LogP contribution in [0, 0.1) is 17.2 Å². The number of carbonyl (C=O) groups excluding carboxylic acids is 1. The molecule has 3 fully saturated rings. The van der Waals surface area contributed by atoms with Gasteiger partial charge in [-0.3, -0.25) is 4.79 Å². The standard InChI is InChI=1S/C17H21FN2O.ClH/c18-13-3-1-2-12(10-13)17(4-5-17)20-15(21)14-11-16(14)6-8-19-9-7-16;/h1-3,10,14,19H,4-9,11H2,(H,20,21);1H. The van der Waals surface area contributed by atoms with E-state index in [-0.39, 0.29) is 41.0 Å². The molecule has 2 aliphatic carbocycles. The van der Waals surface area contributed by atoms with Gasteiger partial charge in [0.15, 0.2) is 0 Å². The van der Waals surface area contributed by atoms with E-state index in [0.717, 1.165) is 50.8 Å². The Bertz CT molecular complexity index is 582. The van der Waals surface area contributed by atoms with E-state index < -0.39 is 0 Å². The van der Waals surface area contributed by atoms with Crippen molar-refractivity contribution in [2.75, 3.05) is 13.1 Å². The van der Waals surface area contributed by atoms with Crippen LogP contribution in [0.3, 0.4) is 0 Å². The van der Waals surface area contributed by atoms with Gasteiger partial charge < -0.3 is 10.6 Å². The van der Waals surface area contributed by atoms with Crippen LogP contribution in [0.4, 0.5) is 4.39 Å². The van der Waals surface area contributed by atoms with Crippen molar-refractivity contribution in [2.45, 2.75) is 37.6 Å². The SMILES string of the molecule is Cl.O=C(NC1(c2cccc(F)c2)CC1)C1CC12CCNCC2. The van der Waals surface area contributed by atoms with Crippen LogP contribution in [-0.2, 0) is 10.3 Å². The maximum Gasteiger partial charge on any atom is 0.224 e. The first-order valence-electron chi connectivity index (χ1n) is 7.92. The summed E-state index contributed by atoms with van der Waals surface area (Å²) < 4.78 is 13.4. The second-order valence-electron chi connectivity index (χ2n) is 6.95. The Morgan fingerprint density at radius 1 is 1.23 bits per heavy atom. The largest absolute Gasteiger partial charge is 0.346 e. The first kappa shape index (κ1) is 15.8. The first-order valence-corrected chi connectivity index (χ1v) is 7.92. The van der Waals surface area contributed by atoms with E-state index in [1.807, 2.05) is 6.07 Å². The summed E-state index contributed by atoms with van der Waals surface area (Å²) in [5, 5.41) is 6.58. The maximum absolute atomic E-state index is 13.4. The fourth-order valence-electron chi connectivity index (χ4n) is 3.92. The summed E-state index contributed by atoms with van der Waals surface area (Å²) in [7, 11) is 0. The lowest BCUT2D eigenvalue weighted by Crippen LogP contribution is -2.38. The lowest BCUT2D eigenvalue weighted by Gasteiger charge is -2.24. The zero-order chi connectivity index (χ0) is 14.5. The van der Waals surface area contributed by atoms with Gasteiger partial charge in [-0.2, -0.15) is 0 Å². The quantitative estimate of drug-likeness (QED) is 0.897. The number of benzene rings is 1. The van der Waals surface area contributed by atoms with Crippen LogP contribution < -0.4 is 10.6 Å². The van der Waals surface area contributed by atoms with Gasteiger partial charge in [0.05, 0.1) is 5.54 Å². The molecule has 22 heavy (non-hydrogen) atoms. The number of halogens is 2. The predicted octanol–water partition coefficient (Wildman–Crippen LogP) is 2.74. The zero-order valence-electron chi connectivity index (χ0n) is 12.5. The van der Waals surface area contributed by atoms with Crippen molar-refractivity contribution in [2.24, 2.45) is 11.3 Å². The van der Waals surface area contributed by atoms with Crippen LogP contribution in [0.1, 0.15) is 37.7 Å². The van der Waals surface area contributed by atoms with Crippen LogP contribution in [0.5, 0.6) is 0 Å². The van der Waals surface area contributed by atoms with Gasteiger partial charge in [-0.1, -0.05) is 12.1 Å². The van der Waals surface area contributed by atoms with Crippen molar-refractivity contribution in [3.63, 3.8) is 0 Å². The fraction of sp³-hybridized carbons (Fsp3) is 0.588. The molecule has 2 N–H and O–H groups in total. The Hall–Kier alpha value is -1.13. The number of amides is 1. The molecule has 1 amide bonds. The minimum atomic E-state index is -0.296. The predicted molar refractivity (Wildman–Crippen MR) is 85.3 cm³/mol. The highest BCUT2D eigenvalue weighted by Gasteiger charge is 2.59. The van der Waals surface area contributed by atoms with Crippen LogP contribution in [-0.4, -0.2) is 19.0 Å². The highest BCUT2D eigenvalue weighted by atomic mass is 35.5. The van der Waals surface area contributed by atoms with E-state index in [1.165, 1.54) is 6.07 Å². The Kier molecular flexibility index (Phi) is 3.94. The molecule has 1 aliphatic heterocycles. The Morgan fingerprint density at radius 3 is 2.59 bits per heavy atom. The van der Waals surface area contributed by atoms with E-state index in [2.05, 4.69) is 10.6 Å². The van der Waals surface area contributed by atoms with Gasteiger partial charge >= 0.3 is 0 Å². The van der Waals surface area contributed by atoms with Gasteiger partial charge in [0.1, 0.15) is 5.82 Å². The summed E-state index contributed by atoms with van der Waals surface area (Å²) in [5.74, 6) is 0.124. The molecule has 0 bridgehead atoms. The third-order valence-corrected chi connectivity index (χ3v) is 5.60. The minimum Gasteiger partial charge on any atom is -0.346 e. The van der Waals surface area contributed by atoms with E-state index in [4.69, 9.17) is 0 Å². The molecule has 1 unspecified atom stereocenters. The number of rotatable bonds is 3. The number of piperidine rings is 1. The Labute approximate surface area is 136 Å². The van der Waals surface area contributed by atoms with Crippen molar-refractivity contribution in [3.8, 4) is 0 Å². The summed E-state index contributed by atoms with van der Waals surface area (Å²) in [4.78, 5) is 12.6. The maximum atomic E-state index is 13.4. The third-order valence-electron chi connectivity index (χ3n) is 5.60. The van der Waals surface area contributed by atoms with Crippen molar-refractivity contribution in [3.05, 3.63) is 35.6 Å². The third kappa shape index (κ3) is 2.63. The van der Waals surface area contributed by atoms with Crippen molar-refractivity contribution in [1.29, 1.82) is 0 Å². The van der Waals surface area contributed by atoms with E-state index >= 15 is 0 Å². The first-order chi connectivity index (χ1) is 10.1. The molecule has 2 saturated carbocycles. The smallest absolute Gasteiger partial charge is 0.224 e. The minimum absolute atomic E-state index is 0. The average molecular weight is 325 g/mol. The molecule has 1 heterocycles. The molecule has 5 heteroatoms. The van der Waals surface area contributed by atoms with Crippen molar-refractivity contribution < 1.29 is 9.18 Å². The highest BCUT2D eigenvalue weighted by Crippen LogP contribution is 2.59. The van der Waals surface area contributed by atoms with E-state index in [1.54, 1.807) is 12.1 Å². The fourth-order valence-corrected chi connectivity index (χ4v) is 3.92. The second kappa shape index (κ2) is 5.50. The molecule has 0 radical (unpaired) electrons. The summed E-state index contributed by atoms with van der Waals surface area (Å²) in [6.45, 7) is 2.05. The Morgan fingerprint density at radius 2 is 1.95 bits per heavy atom. The normalized spacial score (nSPS) is 26.9.